The average Bonchev–Trinajstić information content (AvgIpc) is 3.51. The molecule has 1 N–H and O–H groups in total. The lowest BCUT2D eigenvalue weighted by Gasteiger charge is -2.31. The summed E-state index contributed by atoms with van der Waals surface area (Å²) in [5.74, 6) is 0.233. The van der Waals surface area contributed by atoms with Crippen molar-refractivity contribution in [3.05, 3.63) is 75.5 Å². The maximum absolute atomic E-state index is 13.5. The lowest BCUT2D eigenvalue weighted by Crippen LogP contribution is -2.43. The number of fused-ring (bicyclic) bond motifs is 2. The minimum atomic E-state index is -0.196. The average molecular weight is 628 g/mol. The van der Waals surface area contributed by atoms with Gasteiger partial charge in [-0.15, -0.1) is 0 Å². The number of rotatable bonds is 9. The number of nitrogens with zero attached hydrogens (tertiary/aromatic N) is 3. The number of hydrogen-bond donors (Lipinski definition) is 1. The molecule has 3 heterocycles. The Hall–Kier alpha value is -2.56. The maximum Gasteiger partial charge on any atom is 0.261 e. The molecule has 0 spiro atoms. The van der Waals surface area contributed by atoms with E-state index in [0.717, 1.165) is 68.7 Å². The maximum atomic E-state index is 13.5. The number of amides is 2. The Bertz CT molecular complexity index is 1470. The molecule has 220 valence electrons. The first-order valence-electron chi connectivity index (χ1n) is 14.6. The van der Waals surface area contributed by atoms with E-state index < -0.39 is 0 Å². The largest absolute Gasteiger partial charge is 0.381 e. The standard InChI is InChI=1S/C31H32Cl2N4O4S/c32-25-2-1-3-26(33)29(25)37-27(24(16-34-37)18-4-5-18)17-41-28-15-21-14-23(28)31(39)36(21)20-8-6-19(7-9-20)30(38)35-42-22-10-12-40-13-11-22/h1-3,6-9,16,18,21-23,28H,4-5,10-15,17H2,(H,35,38). The Labute approximate surface area is 259 Å². The zero-order valence-electron chi connectivity index (χ0n) is 23.0. The van der Waals surface area contributed by atoms with Gasteiger partial charge in [-0.25, -0.2) is 4.68 Å². The summed E-state index contributed by atoms with van der Waals surface area (Å²) < 4.78 is 16.6. The number of carbonyl (C=O) groups excluding carboxylic acids is 2. The van der Waals surface area contributed by atoms with Crippen molar-refractivity contribution >= 4 is 52.7 Å². The van der Waals surface area contributed by atoms with Crippen LogP contribution in [0.3, 0.4) is 0 Å². The van der Waals surface area contributed by atoms with E-state index in [1.807, 2.05) is 29.3 Å². The Balaban J connectivity index is 0.999. The van der Waals surface area contributed by atoms with Gasteiger partial charge >= 0.3 is 0 Å². The van der Waals surface area contributed by atoms with Crippen LogP contribution < -0.4 is 9.62 Å². The summed E-state index contributed by atoms with van der Waals surface area (Å²) in [6.07, 6.45) is 7.40. The van der Waals surface area contributed by atoms with E-state index in [9.17, 15) is 9.59 Å². The van der Waals surface area contributed by atoms with Gasteiger partial charge in [0.25, 0.3) is 5.91 Å². The smallest absolute Gasteiger partial charge is 0.261 e. The first-order chi connectivity index (χ1) is 20.5. The molecule has 2 aromatic carbocycles. The molecule has 2 aliphatic carbocycles. The number of aromatic nitrogens is 2. The fraction of sp³-hybridized carbons (Fsp3) is 0.452. The molecule has 2 bridgehead atoms. The van der Waals surface area contributed by atoms with Crippen LogP contribution >= 0.6 is 35.1 Å². The van der Waals surface area contributed by atoms with Gasteiger partial charge in [0.05, 0.1) is 40.6 Å². The molecule has 3 unspecified atom stereocenters. The van der Waals surface area contributed by atoms with Crippen molar-refractivity contribution in [2.24, 2.45) is 5.92 Å². The number of hydrogen-bond acceptors (Lipinski definition) is 6. The van der Waals surface area contributed by atoms with Crippen LogP contribution in [0, 0.1) is 5.92 Å². The molecule has 3 atom stereocenters. The highest BCUT2D eigenvalue weighted by Gasteiger charge is 2.52. The number of para-hydroxylation sites is 1. The lowest BCUT2D eigenvalue weighted by atomic mass is 10.0. The van der Waals surface area contributed by atoms with E-state index in [0.29, 0.717) is 39.1 Å². The number of anilines is 1. The molecule has 7 rings (SSSR count). The van der Waals surface area contributed by atoms with Crippen molar-refractivity contribution in [2.75, 3.05) is 18.1 Å². The summed E-state index contributed by atoms with van der Waals surface area (Å²) in [4.78, 5) is 28.0. The van der Waals surface area contributed by atoms with E-state index in [-0.39, 0.29) is 29.9 Å². The molecule has 2 saturated carbocycles. The molecular weight excluding hydrogens is 595 g/mol. The minimum Gasteiger partial charge on any atom is -0.381 e. The highest BCUT2D eigenvalue weighted by atomic mass is 35.5. The van der Waals surface area contributed by atoms with Gasteiger partial charge in [0.1, 0.15) is 5.69 Å². The van der Waals surface area contributed by atoms with E-state index in [1.165, 1.54) is 11.9 Å². The Morgan fingerprint density at radius 3 is 2.48 bits per heavy atom. The van der Waals surface area contributed by atoms with E-state index in [4.69, 9.17) is 32.7 Å². The third kappa shape index (κ3) is 5.46. The number of carbonyl (C=O) groups is 2. The second-order valence-corrected chi connectivity index (χ2v) is 13.4. The zero-order valence-corrected chi connectivity index (χ0v) is 25.3. The van der Waals surface area contributed by atoms with Gasteiger partial charge in [-0.2, -0.15) is 5.10 Å². The Morgan fingerprint density at radius 2 is 1.79 bits per heavy atom. The predicted molar refractivity (Wildman–Crippen MR) is 163 cm³/mol. The highest BCUT2D eigenvalue weighted by molar-refractivity contribution is 7.98. The fourth-order valence-corrected chi connectivity index (χ4v) is 7.80. The first-order valence-corrected chi connectivity index (χ1v) is 16.2. The van der Waals surface area contributed by atoms with Gasteiger partial charge in [-0.05, 0) is 98.4 Å². The molecule has 8 nitrogen and oxygen atoms in total. The topological polar surface area (TPSA) is 85.7 Å². The molecular formula is C31H32Cl2N4O4S. The van der Waals surface area contributed by atoms with Crippen molar-refractivity contribution in [3.63, 3.8) is 0 Å². The van der Waals surface area contributed by atoms with Gasteiger partial charge in [0, 0.05) is 35.8 Å². The van der Waals surface area contributed by atoms with Crippen molar-refractivity contribution in [1.82, 2.24) is 14.5 Å². The van der Waals surface area contributed by atoms with E-state index in [1.54, 1.807) is 28.9 Å². The second kappa shape index (κ2) is 11.8. The molecule has 1 aromatic heterocycles. The van der Waals surface area contributed by atoms with Crippen molar-refractivity contribution in [3.8, 4) is 5.69 Å². The molecule has 2 aliphatic heterocycles. The lowest BCUT2D eigenvalue weighted by molar-refractivity contribution is -0.126. The third-order valence-corrected chi connectivity index (χ3v) is 10.5. The van der Waals surface area contributed by atoms with Gasteiger partial charge in [0.15, 0.2) is 0 Å². The van der Waals surface area contributed by atoms with E-state index in [2.05, 4.69) is 9.82 Å². The van der Waals surface area contributed by atoms with Gasteiger partial charge < -0.3 is 14.4 Å². The monoisotopic (exact) mass is 626 g/mol. The Kier molecular flexibility index (Phi) is 7.96. The van der Waals surface area contributed by atoms with Crippen LogP contribution in [-0.2, 0) is 20.9 Å². The molecule has 2 amide bonds. The molecule has 3 aromatic rings. The summed E-state index contributed by atoms with van der Waals surface area (Å²) in [6.45, 7) is 1.82. The summed E-state index contributed by atoms with van der Waals surface area (Å²) >= 11 is 14.5. The molecule has 4 aliphatic rings. The van der Waals surface area contributed by atoms with Crippen molar-refractivity contribution in [1.29, 1.82) is 0 Å². The van der Waals surface area contributed by atoms with Crippen molar-refractivity contribution < 1.29 is 19.1 Å². The van der Waals surface area contributed by atoms with Crippen molar-refractivity contribution in [2.45, 2.75) is 68.4 Å². The van der Waals surface area contributed by atoms with E-state index >= 15 is 0 Å². The summed E-state index contributed by atoms with van der Waals surface area (Å²) in [7, 11) is 0. The zero-order chi connectivity index (χ0) is 28.8. The van der Waals surface area contributed by atoms with Gasteiger partial charge in [0.2, 0.25) is 5.91 Å². The van der Waals surface area contributed by atoms with Crippen LogP contribution in [0.4, 0.5) is 5.69 Å². The number of ether oxygens (including phenoxy) is 2. The summed E-state index contributed by atoms with van der Waals surface area (Å²) in [5.41, 5.74) is 4.17. The molecule has 2 saturated heterocycles. The van der Waals surface area contributed by atoms with Crippen LogP contribution in [0.5, 0.6) is 0 Å². The van der Waals surface area contributed by atoms with Gasteiger partial charge in [-0.1, -0.05) is 29.3 Å². The number of nitrogens with one attached hydrogen (secondary N) is 1. The van der Waals surface area contributed by atoms with Gasteiger partial charge in [-0.3, -0.25) is 14.3 Å². The van der Waals surface area contributed by atoms with Crippen LogP contribution in [0.15, 0.2) is 48.7 Å². The quantitative estimate of drug-likeness (QED) is 0.280. The third-order valence-electron chi connectivity index (χ3n) is 8.80. The first kappa shape index (κ1) is 28.2. The summed E-state index contributed by atoms with van der Waals surface area (Å²) in [6, 6.07) is 12.8. The predicted octanol–water partition coefficient (Wildman–Crippen LogP) is 6.32. The molecule has 0 radical (unpaired) electrons. The van der Waals surface area contributed by atoms with Crippen LogP contribution in [0.1, 0.15) is 66.1 Å². The number of piperidine rings is 1. The molecule has 4 fully saturated rings. The number of benzene rings is 2. The molecule has 11 heteroatoms. The highest BCUT2D eigenvalue weighted by Crippen LogP contribution is 2.45. The molecule has 42 heavy (non-hydrogen) atoms. The second-order valence-electron chi connectivity index (χ2n) is 11.5. The van der Waals surface area contributed by atoms with Crippen LogP contribution in [0.2, 0.25) is 10.0 Å². The number of halogens is 2. The minimum absolute atomic E-state index is 0.0714. The normalized spacial score (nSPS) is 24.0. The van der Waals surface area contributed by atoms with Crippen LogP contribution in [0.25, 0.3) is 5.69 Å². The summed E-state index contributed by atoms with van der Waals surface area (Å²) in [5, 5.41) is 6.08. The Morgan fingerprint density at radius 1 is 1.05 bits per heavy atom. The fourth-order valence-electron chi connectivity index (χ4n) is 6.42. The SMILES string of the molecule is O=C(NSC1CCOCC1)c1ccc(N2C(=O)C3CC2CC3OCc2c(C3CC3)cnn2-c2c(Cl)cccc2Cl)cc1. The van der Waals surface area contributed by atoms with Crippen LogP contribution in [-0.4, -0.2) is 52.2 Å².